The fourth-order valence-corrected chi connectivity index (χ4v) is 1.89. The maximum Gasteiger partial charge on any atom is 0.270 e. The van der Waals surface area contributed by atoms with E-state index in [1.54, 1.807) is 6.07 Å². The van der Waals surface area contributed by atoms with Crippen molar-refractivity contribution in [1.82, 2.24) is 4.98 Å². The van der Waals surface area contributed by atoms with Gasteiger partial charge < -0.3 is 5.73 Å². The third-order valence-electron chi connectivity index (χ3n) is 2.85. The number of fused-ring (bicyclic) bond motifs is 1. The topological polar surface area (TPSA) is 82.0 Å². The number of nitro benzene ring substituents is 1. The molecule has 1 aromatic carbocycles. The molecule has 2 rings (SSSR count). The van der Waals surface area contributed by atoms with Crippen LogP contribution in [0.25, 0.3) is 10.9 Å². The van der Waals surface area contributed by atoms with Crippen molar-refractivity contribution >= 4 is 22.4 Å². The lowest BCUT2D eigenvalue weighted by Gasteiger charge is -2.20. The van der Waals surface area contributed by atoms with Crippen LogP contribution in [0.4, 0.5) is 11.5 Å². The van der Waals surface area contributed by atoms with Crippen molar-refractivity contribution < 1.29 is 4.92 Å². The molecule has 0 bridgehead atoms. The molecule has 0 saturated carbocycles. The molecule has 0 saturated heterocycles. The van der Waals surface area contributed by atoms with Crippen LogP contribution in [0.3, 0.4) is 0 Å². The number of aromatic nitrogens is 1. The van der Waals surface area contributed by atoms with E-state index in [-0.39, 0.29) is 11.1 Å². The molecule has 0 aliphatic carbocycles. The molecule has 0 aliphatic heterocycles. The van der Waals surface area contributed by atoms with Crippen molar-refractivity contribution in [3.63, 3.8) is 0 Å². The van der Waals surface area contributed by atoms with Crippen molar-refractivity contribution in [1.29, 1.82) is 0 Å². The molecule has 5 nitrogen and oxygen atoms in total. The van der Waals surface area contributed by atoms with E-state index in [1.165, 1.54) is 12.1 Å². The maximum atomic E-state index is 10.8. The van der Waals surface area contributed by atoms with Gasteiger partial charge in [-0.1, -0.05) is 20.8 Å². The third kappa shape index (κ3) is 2.11. The number of pyridine rings is 1. The molecule has 0 amide bonds. The smallest absolute Gasteiger partial charge is 0.270 e. The van der Waals surface area contributed by atoms with Crippen LogP contribution in [-0.2, 0) is 5.41 Å². The average molecular weight is 245 g/mol. The number of nitrogens with zero attached hydrogens (tertiary/aromatic N) is 2. The van der Waals surface area contributed by atoms with Gasteiger partial charge >= 0.3 is 0 Å². The first kappa shape index (κ1) is 12.3. The first-order valence-electron chi connectivity index (χ1n) is 5.64. The number of hydrogen-bond donors (Lipinski definition) is 1. The molecule has 2 aromatic rings. The third-order valence-corrected chi connectivity index (χ3v) is 2.85. The van der Waals surface area contributed by atoms with E-state index in [2.05, 4.69) is 4.98 Å². The number of nitro groups is 1. The van der Waals surface area contributed by atoms with Crippen LogP contribution < -0.4 is 5.73 Å². The van der Waals surface area contributed by atoms with E-state index in [9.17, 15) is 10.1 Å². The van der Waals surface area contributed by atoms with Gasteiger partial charge in [0, 0.05) is 23.1 Å². The van der Waals surface area contributed by atoms with Crippen molar-refractivity contribution in [2.75, 3.05) is 5.73 Å². The summed E-state index contributed by atoms with van der Waals surface area (Å²) >= 11 is 0. The van der Waals surface area contributed by atoms with Gasteiger partial charge in [-0.3, -0.25) is 10.1 Å². The van der Waals surface area contributed by atoms with Crippen LogP contribution in [0.2, 0.25) is 0 Å². The summed E-state index contributed by atoms with van der Waals surface area (Å²) in [4.78, 5) is 14.6. The highest BCUT2D eigenvalue weighted by molar-refractivity contribution is 5.84. The predicted octanol–water partition coefficient (Wildman–Crippen LogP) is 3.02. The Morgan fingerprint density at radius 3 is 2.50 bits per heavy atom. The van der Waals surface area contributed by atoms with Crippen molar-refractivity contribution in [2.24, 2.45) is 0 Å². The molecular weight excluding hydrogens is 230 g/mol. The fraction of sp³-hybridized carbons (Fsp3) is 0.308. The molecule has 0 atom stereocenters. The van der Waals surface area contributed by atoms with Crippen molar-refractivity contribution in [3.05, 3.63) is 39.9 Å². The second kappa shape index (κ2) is 3.94. The summed E-state index contributed by atoms with van der Waals surface area (Å²) in [7, 11) is 0. The van der Waals surface area contributed by atoms with Gasteiger partial charge in [0.2, 0.25) is 0 Å². The lowest BCUT2D eigenvalue weighted by molar-refractivity contribution is -0.384. The predicted molar refractivity (Wildman–Crippen MR) is 71.5 cm³/mol. The largest absolute Gasteiger partial charge is 0.383 e. The monoisotopic (exact) mass is 245 g/mol. The van der Waals surface area contributed by atoms with Gasteiger partial charge in [0.1, 0.15) is 5.82 Å². The molecule has 1 aromatic heterocycles. The highest BCUT2D eigenvalue weighted by Gasteiger charge is 2.19. The Morgan fingerprint density at radius 1 is 1.28 bits per heavy atom. The molecular formula is C13H15N3O2. The Bertz CT molecular complexity index is 630. The highest BCUT2D eigenvalue weighted by Crippen LogP contribution is 2.30. The molecule has 0 unspecified atom stereocenters. The average Bonchev–Trinajstić information content (AvgIpc) is 2.25. The summed E-state index contributed by atoms with van der Waals surface area (Å²) in [5, 5.41) is 11.5. The Hall–Kier alpha value is -2.17. The van der Waals surface area contributed by atoms with Gasteiger partial charge in [-0.15, -0.1) is 0 Å². The van der Waals surface area contributed by atoms with Crippen LogP contribution in [0.1, 0.15) is 26.3 Å². The zero-order valence-corrected chi connectivity index (χ0v) is 10.6. The lowest BCUT2D eigenvalue weighted by atomic mass is 9.86. The minimum Gasteiger partial charge on any atom is -0.383 e. The van der Waals surface area contributed by atoms with Crippen LogP contribution in [0, 0.1) is 10.1 Å². The highest BCUT2D eigenvalue weighted by atomic mass is 16.6. The summed E-state index contributed by atoms with van der Waals surface area (Å²) in [5.41, 5.74) is 7.42. The number of nitrogens with two attached hydrogens (primary N) is 1. The lowest BCUT2D eigenvalue weighted by Crippen LogP contribution is -2.15. The summed E-state index contributed by atoms with van der Waals surface area (Å²) in [6.45, 7) is 6.09. The molecule has 18 heavy (non-hydrogen) atoms. The molecule has 5 heteroatoms. The van der Waals surface area contributed by atoms with Crippen LogP contribution >= 0.6 is 0 Å². The zero-order valence-electron chi connectivity index (χ0n) is 10.6. The molecule has 0 fully saturated rings. The zero-order chi connectivity index (χ0) is 13.5. The van der Waals surface area contributed by atoms with E-state index < -0.39 is 4.92 Å². The SMILES string of the molecule is CC(C)(C)c1cc2cc([N+](=O)[O-])ccc2nc1N. The molecule has 2 N–H and O–H groups in total. The number of non-ortho nitro benzene ring substituents is 1. The summed E-state index contributed by atoms with van der Waals surface area (Å²) in [5.74, 6) is 0.476. The Morgan fingerprint density at radius 2 is 1.94 bits per heavy atom. The van der Waals surface area contributed by atoms with Gasteiger partial charge in [0.15, 0.2) is 0 Å². The van der Waals surface area contributed by atoms with Gasteiger partial charge in [0.25, 0.3) is 5.69 Å². The van der Waals surface area contributed by atoms with E-state index in [0.717, 1.165) is 10.9 Å². The Labute approximate surface area is 105 Å². The Balaban J connectivity index is 2.71. The van der Waals surface area contributed by atoms with Gasteiger partial charge in [-0.05, 0) is 17.5 Å². The Kier molecular flexibility index (Phi) is 2.69. The number of nitrogen functional groups attached to an aromatic ring is 1. The minimum atomic E-state index is -0.410. The second-order valence-electron chi connectivity index (χ2n) is 5.31. The first-order chi connectivity index (χ1) is 8.29. The normalized spacial score (nSPS) is 11.7. The standard InChI is InChI=1S/C13H15N3O2/c1-13(2,3)10-7-8-6-9(16(17)18)4-5-11(8)15-12(10)14/h4-7H,1-3H3,(H2,14,15). The quantitative estimate of drug-likeness (QED) is 0.618. The minimum absolute atomic E-state index is 0.0638. The number of anilines is 1. The van der Waals surface area contributed by atoms with E-state index in [0.29, 0.717) is 11.3 Å². The van der Waals surface area contributed by atoms with Crippen molar-refractivity contribution in [3.8, 4) is 0 Å². The molecule has 94 valence electrons. The first-order valence-corrected chi connectivity index (χ1v) is 5.64. The molecule has 0 spiro atoms. The molecule has 1 heterocycles. The van der Waals surface area contributed by atoms with Gasteiger partial charge in [-0.2, -0.15) is 0 Å². The summed E-state index contributed by atoms with van der Waals surface area (Å²) in [6, 6.07) is 6.46. The van der Waals surface area contributed by atoms with E-state index >= 15 is 0 Å². The van der Waals surface area contributed by atoms with Crippen LogP contribution in [0.5, 0.6) is 0 Å². The molecule has 0 aliphatic rings. The number of benzene rings is 1. The van der Waals surface area contributed by atoms with Crippen LogP contribution in [0.15, 0.2) is 24.3 Å². The fourth-order valence-electron chi connectivity index (χ4n) is 1.89. The maximum absolute atomic E-state index is 10.8. The van der Waals surface area contributed by atoms with Gasteiger partial charge in [-0.25, -0.2) is 4.98 Å². The number of rotatable bonds is 1. The van der Waals surface area contributed by atoms with Crippen molar-refractivity contribution in [2.45, 2.75) is 26.2 Å². The second-order valence-corrected chi connectivity index (χ2v) is 5.31. The van der Waals surface area contributed by atoms with Gasteiger partial charge in [0.05, 0.1) is 10.4 Å². The summed E-state index contributed by atoms with van der Waals surface area (Å²) in [6.07, 6.45) is 0. The summed E-state index contributed by atoms with van der Waals surface area (Å²) < 4.78 is 0. The van der Waals surface area contributed by atoms with E-state index in [4.69, 9.17) is 5.73 Å². The van der Waals surface area contributed by atoms with E-state index in [1.807, 2.05) is 26.8 Å². The molecule has 0 radical (unpaired) electrons. The number of hydrogen-bond acceptors (Lipinski definition) is 4. The van der Waals surface area contributed by atoms with Crippen LogP contribution in [-0.4, -0.2) is 9.91 Å².